The van der Waals surface area contributed by atoms with Gasteiger partial charge in [0.1, 0.15) is 12.4 Å². The highest BCUT2D eigenvalue weighted by Crippen LogP contribution is 2.24. The number of nitrogens with zero attached hydrogens (tertiary/aromatic N) is 1. The van der Waals surface area contributed by atoms with Crippen molar-refractivity contribution in [3.63, 3.8) is 0 Å². The molecule has 2 aromatic carbocycles. The Kier molecular flexibility index (Phi) is 3.93. The Morgan fingerprint density at radius 1 is 1.25 bits per heavy atom. The molecule has 4 nitrogen and oxygen atoms in total. The van der Waals surface area contributed by atoms with E-state index in [1.807, 2.05) is 0 Å². The summed E-state index contributed by atoms with van der Waals surface area (Å²) in [5.41, 5.74) is 0.502. The van der Waals surface area contributed by atoms with Crippen LogP contribution in [-0.2, 0) is 6.61 Å². The quantitative estimate of drug-likeness (QED) is 0.632. The third-order valence-corrected chi connectivity index (χ3v) is 2.79. The van der Waals surface area contributed by atoms with Crippen molar-refractivity contribution in [3.05, 3.63) is 69.3 Å². The number of benzene rings is 2. The van der Waals surface area contributed by atoms with Crippen LogP contribution in [0.3, 0.4) is 0 Å². The van der Waals surface area contributed by atoms with E-state index in [0.29, 0.717) is 11.3 Å². The van der Waals surface area contributed by atoms with E-state index >= 15 is 0 Å². The van der Waals surface area contributed by atoms with Crippen molar-refractivity contribution in [3.8, 4) is 5.75 Å². The molecule has 0 bridgehead atoms. The van der Waals surface area contributed by atoms with Crippen LogP contribution in [0.5, 0.6) is 5.75 Å². The standard InChI is InChI=1S/C14H11F2NO3/c1-9-7-11(5-6-13(9)17(18)19)20-8-10-3-2-4-12(15)14(10)16/h2-7H,8H2,1H3. The molecular formula is C14H11F2NO3. The Hall–Kier alpha value is -2.50. The smallest absolute Gasteiger partial charge is 0.272 e. The van der Waals surface area contributed by atoms with Crippen molar-refractivity contribution in [2.24, 2.45) is 0 Å². The molecule has 0 aliphatic rings. The molecule has 0 saturated heterocycles. The van der Waals surface area contributed by atoms with Gasteiger partial charge in [-0.15, -0.1) is 0 Å². The number of hydrogen-bond acceptors (Lipinski definition) is 3. The van der Waals surface area contributed by atoms with Crippen LogP contribution >= 0.6 is 0 Å². The highest BCUT2D eigenvalue weighted by Gasteiger charge is 2.12. The summed E-state index contributed by atoms with van der Waals surface area (Å²) >= 11 is 0. The molecule has 0 atom stereocenters. The van der Waals surface area contributed by atoms with Gasteiger partial charge in [0.05, 0.1) is 4.92 Å². The van der Waals surface area contributed by atoms with Gasteiger partial charge in [0.2, 0.25) is 0 Å². The Labute approximate surface area is 113 Å². The molecule has 6 heteroatoms. The fourth-order valence-electron chi connectivity index (χ4n) is 1.74. The van der Waals surface area contributed by atoms with Crippen LogP contribution < -0.4 is 4.74 Å². The molecule has 0 fully saturated rings. The van der Waals surface area contributed by atoms with Crippen molar-refractivity contribution in [2.75, 3.05) is 0 Å². The first-order valence-corrected chi connectivity index (χ1v) is 5.80. The third-order valence-electron chi connectivity index (χ3n) is 2.79. The van der Waals surface area contributed by atoms with E-state index in [9.17, 15) is 18.9 Å². The lowest BCUT2D eigenvalue weighted by molar-refractivity contribution is -0.385. The van der Waals surface area contributed by atoms with Crippen molar-refractivity contribution in [2.45, 2.75) is 13.5 Å². The SMILES string of the molecule is Cc1cc(OCc2cccc(F)c2F)ccc1[N+](=O)[O-]. The highest BCUT2D eigenvalue weighted by atomic mass is 19.2. The van der Waals surface area contributed by atoms with Crippen LogP contribution in [0, 0.1) is 28.7 Å². The molecule has 0 radical (unpaired) electrons. The summed E-state index contributed by atoms with van der Waals surface area (Å²) < 4.78 is 31.7. The summed E-state index contributed by atoms with van der Waals surface area (Å²) in [5, 5.41) is 10.7. The minimum Gasteiger partial charge on any atom is -0.489 e. The fourth-order valence-corrected chi connectivity index (χ4v) is 1.74. The van der Waals surface area contributed by atoms with E-state index in [4.69, 9.17) is 4.74 Å². The fraction of sp³-hybridized carbons (Fsp3) is 0.143. The number of nitro groups is 1. The van der Waals surface area contributed by atoms with Gasteiger partial charge >= 0.3 is 0 Å². The largest absolute Gasteiger partial charge is 0.489 e. The van der Waals surface area contributed by atoms with Gasteiger partial charge in [-0.1, -0.05) is 12.1 Å². The lowest BCUT2D eigenvalue weighted by Gasteiger charge is -2.08. The molecule has 0 aromatic heterocycles. The van der Waals surface area contributed by atoms with Gasteiger partial charge in [0, 0.05) is 17.2 Å². The van der Waals surface area contributed by atoms with E-state index < -0.39 is 16.6 Å². The number of aryl methyl sites for hydroxylation is 1. The second-order valence-corrected chi connectivity index (χ2v) is 4.21. The Balaban J connectivity index is 2.13. The van der Waals surface area contributed by atoms with Crippen LogP contribution in [0.15, 0.2) is 36.4 Å². The zero-order chi connectivity index (χ0) is 14.7. The monoisotopic (exact) mass is 279 g/mol. The maximum absolute atomic E-state index is 13.4. The summed E-state index contributed by atoms with van der Waals surface area (Å²) in [5.74, 6) is -1.53. The lowest BCUT2D eigenvalue weighted by atomic mass is 10.2. The predicted molar refractivity (Wildman–Crippen MR) is 68.5 cm³/mol. The second-order valence-electron chi connectivity index (χ2n) is 4.21. The Bertz CT molecular complexity index is 659. The minimum atomic E-state index is -0.953. The lowest BCUT2D eigenvalue weighted by Crippen LogP contribution is -2.01. The number of nitro benzene ring substituents is 1. The van der Waals surface area contributed by atoms with Gasteiger partial charge in [0.25, 0.3) is 5.69 Å². The van der Waals surface area contributed by atoms with Crippen LogP contribution in [-0.4, -0.2) is 4.92 Å². The highest BCUT2D eigenvalue weighted by molar-refractivity contribution is 5.44. The molecule has 0 heterocycles. The van der Waals surface area contributed by atoms with Gasteiger partial charge in [0.15, 0.2) is 11.6 Å². The average Bonchev–Trinajstić information content (AvgIpc) is 2.40. The third kappa shape index (κ3) is 2.90. The number of rotatable bonds is 4. The van der Waals surface area contributed by atoms with Crippen LogP contribution in [0.4, 0.5) is 14.5 Å². The first-order valence-electron chi connectivity index (χ1n) is 5.80. The first-order chi connectivity index (χ1) is 9.49. The van der Waals surface area contributed by atoms with E-state index in [0.717, 1.165) is 6.07 Å². The second kappa shape index (κ2) is 5.64. The summed E-state index contributed by atoms with van der Waals surface area (Å²) in [6, 6.07) is 8.04. The number of halogens is 2. The number of hydrogen-bond donors (Lipinski definition) is 0. The molecule has 0 aliphatic heterocycles. The summed E-state index contributed by atoms with van der Waals surface area (Å²) in [6.07, 6.45) is 0. The molecule has 2 rings (SSSR count). The van der Waals surface area contributed by atoms with E-state index in [1.54, 1.807) is 6.92 Å². The maximum atomic E-state index is 13.4. The molecule has 0 spiro atoms. The van der Waals surface area contributed by atoms with Crippen molar-refractivity contribution < 1.29 is 18.4 Å². The average molecular weight is 279 g/mol. The molecule has 20 heavy (non-hydrogen) atoms. The summed E-state index contributed by atoms with van der Waals surface area (Å²) in [7, 11) is 0. The van der Waals surface area contributed by atoms with Crippen molar-refractivity contribution >= 4 is 5.69 Å². The Morgan fingerprint density at radius 3 is 2.65 bits per heavy atom. The molecule has 0 unspecified atom stereocenters. The first kappa shape index (κ1) is 13.9. The van der Waals surface area contributed by atoms with Gasteiger partial charge < -0.3 is 4.74 Å². The molecule has 104 valence electrons. The van der Waals surface area contributed by atoms with Gasteiger partial charge in [-0.05, 0) is 25.1 Å². The molecule has 0 saturated carbocycles. The maximum Gasteiger partial charge on any atom is 0.272 e. The Morgan fingerprint density at radius 2 is 2.00 bits per heavy atom. The van der Waals surface area contributed by atoms with Crippen LogP contribution in [0.25, 0.3) is 0 Å². The van der Waals surface area contributed by atoms with Crippen molar-refractivity contribution in [1.82, 2.24) is 0 Å². The normalized spacial score (nSPS) is 10.3. The van der Waals surface area contributed by atoms with Crippen LogP contribution in [0.1, 0.15) is 11.1 Å². The molecule has 0 aliphatic carbocycles. The topological polar surface area (TPSA) is 52.4 Å². The molecule has 0 N–H and O–H groups in total. The summed E-state index contributed by atoms with van der Waals surface area (Å²) in [6.45, 7) is 1.43. The number of ether oxygens (including phenoxy) is 1. The molecule has 0 amide bonds. The molecule has 2 aromatic rings. The van der Waals surface area contributed by atoms with E-state index in [2.05, 4.69) is 0 Å². The molecular weight excluding hydrogens is 268 g/mol. The van der Waals surface area contributed by atoms with Crippen LogP contribution in [0.2, 0.25) is 0 Å². The predicted octanol–water partition coefficient (Wildman–Crippen LogP) is 3.76. The van der Waals surface area contributed by atoms with Gasteiger partial charge in [-0.2, -0.15) is 0 Å². The minimum absolute atomic E-state index is 0.0192. The summed E-state index contributed by atoms with van der Waals surface area (Å²) in [4.78, 5) is 10.2. The van der Waals surface area contributed by atoms with Gasteiger partial charge in [-0.25, -0.2) is 8.78 Å². The zero-order valence-electron chi connectivity index (χ0n) is 10.6. The van der Waals surface area contributed by atoms with Gasteiger partial charge in [-0.3, -0.25) is 10.1 Å². The van der Waals surface area contributed by atoms with E-state index in [1.165, 1.54) is 30.3 Å². The van der Waals surface area contributed by atoms with Crippen molar-refractivity contribution in [1.29, 1.82) is 0 Å². The van der Waals surface area contributed by atoms with E-state index in [-0.39, 0.29) is 17.9 Å². The zero-order valence-corrected chi connectivity index (χ0v) is 10.6.